The predicted octanol–water partition coefficient (Wildman–Crippen LogP) is 2.23. The Labute approximate surface area is 113 Å². The lowest BCUT2D eigenvalue weighted by molar-refractivity contribution is 0.0762. The fourth-order valence-electron chi connectivity index (χ4n) is 1.79. The van der Waals surface area contributed by atoms with Crippen LogP contribution in [-0.4, -0.2) is 19.3 Å². The number of ether oxygens (including phenoxy) is 2. The van der Waals surface area contributed by atoms with Crippen LogP contribution in [0.2, 0.25) is 0 Å². The Balaban J connectivity index is 1.58. The maximum Gasteiger partial charge on any atom is 0.119 e. The second kappa shape index (κ2) is 6.85. The first-order valence-electron chi connectivity index (χ1n) is 6.48. The number of hydrogen-bond donors (Lipinski definition) is 2. The van der Waals surface area contributed by atoms with E-state index in [0.717, 1.165) is 30.0 Å². The predicted molar refractivity (Wildman–Crippen MR) is 76.7 cm³/mol. The molecule has 0 saturated heterocycles. The van der Waals surface area contributed by atoms with E-state index in [1.807, 2.05) is 42.5 Å². The van der Waals surface area contributed by atoms with Crippen molar-refractivity contribution in [2.75, 3.05) is 18.9 Å². The highest BCUT2D eigenvalue weighted by Crippen LogP contribution is 2.14. The molecule has 1 aromatic rings. The van der Waals surface area contributed by atoms with Crippen molar-refractivity contribution in [2.45, 2.75) is 18.9 Å². The van der Waals surface area contributed by atoms with Gasteiger partial charge in [-0.25, -0.2) is 0 Å². The third kappa shape index (κ3) is 4.67. The van der Waals surface area contributed by atoms with Crippen molar-refractivity contribution in [2.24, 2.45) is 5.73 Å². The van der Waals surface area contributed by atoms with Gasteiger partial charge in [0.1, 0.15) is 5.75 Å². The van der Waals surface area contributed by atoms with E-state index in [9.17, 15) is 0 Å². The summed E-state index contributed by atoms with van der Waals surface area (Å²) in [4.78, 5) is 0. The molecule has 0 saturated carbocycles. The van der Waals surface area contributed by atoms with Gasteiger partial charge >= 0.3 is 0 Å². The molecule has 0 radical (unpaired) electrons. The quantitative estimate of drug-likeness (QED) is 0.608. The number of rotatable bonds is 6. The first kappa shape index (κ1) is 13.5. The molecule has 1 unspecified atom stereocenters. The van der Waals surface area contributed by atoms with Gasteiger partial charge in [0, 0.05) is 17.8 Å². The second-order valence-corrected chi connectivity index (χ2v) is 4.48. The number of benzene rings is 1. The van der Waals surface area contributed by atoms with Crippen LogP contribution in [0.1, 0.15) is 12.8 Å². The van der Waals surface area contributed by atoms with Crippen molar-refractivity contribution in [3.63, 3.8) is 0 Å². The Kier molecular flexibility index (Phi) is 4.86. The molecular formula is C15H20N2O2. The number of nitrogens with two attached hydrogens (primary N) is 2. The van der Waals surface area contributed by atoms with E-state index in [0.29, 0.717) is 13.2 Å². The normalized spacial score (nSPS) is 18.1. The number of hydrogen-bond acceptors (Lipinski definition) is 4. The van der Waals surface area contributed by atoms with Crippen LogP contribution in [0, 0.1) is 0 Å². The molecule has 0 bridgehead atoms. The summed E-state index contributed by atoms with van der Waals surface area (Å²) < 4.78 is 11.3. The third-order valence-corrected chi connectivity index (χ3v) is 2.86. The smallest absolute Gasteiger partial charge is 0.119 e. The monoisotopic (exact) mass is 260 g/mol. The summed E-state index contributed by atoms with van der Waals surface area (Å²) in [6.45, 7) is 1.32. The van der Waals surface area contributed by atoms with E-state index < -0.39 is 0 Å². The Morgan fingerprint density at radius 2 is 1.89 bits per heavy atom. The maximum absolute atomic E-state index is 5.70. The van der Waals surface area contributed by atoms with Gasteiger partial charge in [0.25, 0.3) is 0 Å². The summed E-state index contributed by atoms with van der Waals surface area (Å²) in [6.07, 6.45) is 7.71. The van der Waals surface area contributed by atoms with E-state index in [-0.39, 0.29) is 6.10 Å². The van der Waals surface area contributed by atoms with Crippen molar-refractivity contribution in [3.8, 4) is 5.75 Å². The van der Waals surface area contributed by atoms with E-state index in [1.54, 1.807) is 0 Å². The highest BCUT2D eigenvalue weighted by Gasteiger charge is 2.07. The summed E-state index contributed by atoms with van der Waals surface area (Å²) in [7, 11) is 0. The van der Waals surface area contributed by atoms with Crippen molar-refractivity contribution < 1.29 is 9.47 Å². The molecule has 1 aliphatic rings. The molecule has 0 spiro atoms. The molecule has 1 aromatic carbocycles. The minimum absolute atomic E-state index is 0.142. The average Bonchev–Trinajstić information content (AvgIpc) is 2.43. The number of allylic oxidation sites excluding steroid dienone is 1. The molecule has 4 heteroatoms. The lowest BCUT2D eigenvalue weighted by Gasteiger charge is -2.15. The molecular weight excluding hydrogens is 240 g/mol. The van der Waals surface area contributed by atoms with Crippen molar-refractivity contribution in [1.29, 1.82) is 0 Å². The molecule has 19 heavy (non-hydrogen) atoms. The molecule has 102 valence electrons. The first-order chi connectivity index (χ1) is 9.24. The minimum Gasteiger partial charge on any atom is -0.494 e. The van der Waals surface area contributed by atoms with Crippen LogP contribution >= 0.6 is 0 Å². The van der Waals surface area contributed by atoms with Gasteiger partial charge < -0.3 is 20.9 Å². The van der Waals surface area contributed by atoms with Gasteiger partial charge in [0.2, 0.25) is 0 Å². The van der Waals surface area contributed by atoms with Gasteiger partial charge in [-0.15, -0.1) is 0 Å². The van der Waals surface area contributed by atoms with Crippen LogP contribution in [-0.2, 0) is 4.74 Å². The summed E-state index contributed by atoms with van der Waals surface area (Å²) >= 11 is 0. The van der Waals surface area contributed by atoms with Gasteiger partial charge in [-0.1, -0.05) is 12.2 Å². The van der Waals surface area contributed by atoms with Gasteiger partial charge in [0.15, 0.2) is 0 Å². The maximum atomic E-state index is 5.70. The standard InChI is InChI=1S/C15H20N2O2/c16-12-2-6-14(7-3-12)18-10-1-11-19-15-8-4-13(17)5-9-15/h2-8,15H,1,9-11,16-17H2. The zero-order chi connectivity index (χ0) is 13.5. The van der Waals surface area contributed by atoms with Crippen LogP contribution in [0.3, 0.4) is 0 Å². The minimum atomic E-state index is 0.142. The molecule has 2 rings (SSSR count). The molecule has 4 nitrogen and oxygen atoms in total. The van der Waals surface area contributed by atoms with E-state index >= 15 is 0 Å². The van der Waals surface area contributed by atoms with Crippen LogP contribution in [0.15, 0.2) is 48.2 Å². The Morgan fingerprint density at radius 3 is 2.58 bits per heavy atom. The Hall–Kier alpha value is -1.94. The van der Waals surface area contributed by atoms with Gasteiger partial charge in [0.05, 0.1) is 19.3 Å². The zero-order valence-corrected chi connectivity index (χ0v) is 10.9. The molecule has 0 fully saturated rings. The second-order valence-electron chi connectivity index (χ2n) is 4.48. The largest absolute Gasteiger partial charge is 0.494 e. The van der Waals surface area contributed by atoms with Gasteiger partial charge in [-0.2, -0.15) is 0 Å². The average molecular weight is 260 g/mol. The molecule has 1 atom stereocenters. The summed E-state index contributed by atoms with van der Waals surface area (Å²) in [5.74, 6) is 0.836. The van der Waals surface area contributed by atoms with Gasteiger partial charge in [-0.3, -0.25) is 0 Å². The summed E-state index contributed by atoms with van der Waals surface area (Å²) in [5.41, 5.74) is 12.8. The Morgan fingerprint density at radius 1 is 1.11 bits per heavy atom. The highest BCUT2D eigenvalue weighted by molar-refractivity contribution is 5.41. The Bertz CT molecular complexity index is 452. The molecule has 0 amide bonds. The third-order valence-electron chi connectivity index (χ3n) is 2.86. The van der Waals surface area contributed by atoms with Crippen LogP contribution < -0.4 is 16.2 Å². The first-order valence-corrected chi connectivity index (χ1v) is 6.48. The highest BCUT2D eigenvalue weighted by atomic mass is 16.5. The van der Waals surface area contributed by atoms with E-state index in [2.05, 4.69) is 0 Å². The number of anilines is 1. The van der Waals surface area contributed by atoms with Crippen molar-refractivity contribution >= 4 is 5.69 Å². The molecule has 0 aliphatic heterocycles. The molecule has 4 N–H and O–H groups in total. The van der Waals surface area contributed by atoms with Crippen LogP contribution in [0.4, 0.5) is 5.69 Å². The van der Waals surface area contributed by atoms with Crippen molar-refractivity contribution in [3.05, 3.63) is 48.2 Å². The lowest BCUT2D eigenvalue weighted by Crippen LogP contribution is -2.15. The summed E-state index contributed by atoms with van der Waals surface area (Å²) in [5, 5.41) is 0. The SMILES string of the molecule is NC1=CCC(OCCCOc2ccc(N)cc2)C=C1. The lowest BCUT2D eigenvalue weighted by atomic mass is 10.1. The zero-order valence-electron chi connectivity index (χ0n) is 10.9. The fourth-order valence-corrected chi connectivity index (χ4v) is 1.79. The van der Waals surface area contributed by atoms with Crippen molar-refractivity contribution in [1.82, 2.24) is 0 Å². The molecule has 1 aliphatic carbocycles. The fraction of sp³-hybridized carbons (Fsp3) is 0.333. The van der Waals surface area contributed by atoms with Crippen LogP contribution in [0.5, 0.6) is 5.75 Å². The summed E-state index contributed by atoms with van der Waals surface area (Å²) in [6, 6.07) is 7.39. The number of nitrogen functional groups attached to an aromatic ring is 1. The topological polar surface area (TPSA) is 70.5 Å². The van der Waals surface area contributed by atoms with Gasteiger partial charge in [-0.05, 0) is 36.8 Å². The molecule has 0 heterocycles. The van der Waals surface area contributed by atoms with E-state index in [4.69, 9.17) is 20.9 Å². The van der Waals surface area contributed by atoms with Crippen LogP contribution in [0.25, 0.3) is 0 Å². The molecule has 0 aromatic heterocycles. The van der Waals surface area contributed by atoms with E-state index in [1.165, 1.54) is 0 Å².